The standard InChI is InChI=1S/C12H23N3O3/c1-8(2)14-10(16)7-15(4)12(17)11-9(3)18-6-5-13-11/h8-9,11,13H,5-7H2,1-4H3,(H,14,16)/t9-,11+/m1/s1. The van der Waals surface area contributed by atoms with Crippen molar-refractivity contribution in [2.45, 2.75) is 39.0 Å². The molecule has 1 fully saturated rings. The zero-order valence-corrected chi connectivity index (χ0v) is 11.5. The summed E-state index contributed by atoms with van der Waals surface area (Å²) in [6.45, 7) is 6.98. The van der Waals surface area contributed by atoms with Crippen molar-refractivity contribution < 1.29 is 14.3 Å². The third-order valence-corrected chi connectivity index (χ3v) is 2.79. The second-order valence-corrected chi connectivity index (χ2v) is 4.92. The fourth-order valence-electron chi connectivity index (χ4n) is 1.91. The van der Waals surface area contributed by atoms with E-state index in [9.17, 15) is 9.59 Å². The molecule has 0 spiro atoms. The van der Waals surface area contributed by atoms with E-state index < -0.39 is 0 Å². The van der Waals surface area contributed by atoms with Gasteiger partial charge in [-0.05, 0) is 20.8 Å². The van der Waals surface area contributed by atoms with Crippen LogP contribution in [-0.4, -0.2) is 61.6 Å². The summed E-state index contributed by atoms with van der Waals surface area (Å²) in [5.74, 6) is -0.258. The molecule has 1 rings (SSSR count). The van der Waals surface area contributed by atoms with Crippen LogP contribution in [0, 0.1) is 0 Å². The Morgan fingerprint density at radius 3 is 2.72 bits per heavy atom. The molecule has 0 unspecified atom stereocenters. The van der Waals surface area contributed by atoms with Crippen molar-refractivity contribution in [3.63, 3.8) is 0 Å². The van der Waals surface area contributed by atoms with Crippen LogP contribution < -0.4 is 10.6 Å². The Kier molecular flexibility index (Phi) is 5.55. The maximum Gasteiger partial charge on any atom is 0.242 e. The molecular formula is C12H23N3O3. The van der Waals surface area contributed by atoms with Gasteiger partial charge in [0, 0.05) is 19.6 Å². The van der Waals surface area contributed by atoms with Crippen molar-refractivity contribution in [3.05, 3.63) is 0 Å². The first-order valence-electron chi connectivity index (χ1n) is 6.31. The lowest BCUT2D eigenvalue weighted by Gasteiger charge is -2.32. The van der Waals surface area contributed by atoms with Gasteiger partial charge in [-0.25, -0.2) is 0 Å². The molecule has 0 radical (unpaired) electrons. The summed E-state index contributed by atoms with van der Waals surface area (Å²) in [5, 5.41) is 5.87. The van der Waals surface area contributed by atoms with E-state index >= 15 is 0 Å². The monoisotopic (exact) mass is 257 g/mol. The SMILES string of the molecule is CC(C)NC(=O)CN(C)C(=O)[C@H]1NCCO[C@@H]1C. The number of hydrogen-bond acceptors (Lipinski definition) is 4. The second-order valence-electron chi connectivity index (χ2n) is 4.92. The minimum atomic E-state index is -0.365. The van der Waals surface area contributed by atoms with Crippen molar-refractivity contribution in [1.82, 2.24) is 15.5 Å². The van der Waals surface area contributed by atoms with E-state index in [0.717, 1.165) is 0 Å². The normalized spacial score (nSPS) is 23.8. The van der Waals surface area contributed by atoms with Crippen LogP contribution in [0.5, 0.6) is 0 Å². The van der Waals surface area contributed by atoms with E-state index in [1.54, 1.807) is 7.05 Å². The van der Waals surface area contributed by atoms with Gasteiger partial charge in [0.1, 0.15) is 6.04 Å². The molecule has 0 aromatic heterocycles. The Morgan fingerprint density at radius 1 is 1.50 bits per heavy atom. The Morgan fingerprint density at radius 2 is 2.17 bits per heavy atom. The largest absolute Gasteiger partial charge is 0.375 e. The lowest BCUT2D eigenvalue weighted by Crippen LogP contribution is -2.56. The molecule has 1 aliphatic rings. The fourth-order valence-corrected chi connectivity index (χ4v) is 1.91. The Balaban J connectivity index is 2.47. The van der Waals surface area contributed by atoms with Gasteiger partial charge in [-0.3, -0.25) is 9.59 Å². The molecule has 1 saturated heterocycles. The highest BCUT2D eigenvalue weighted by molar-refractivity contribution is 5.87. The lowest BCUT2D eigenvalue weighted by atomic mass is 10.1. The number of carbonyl (C=O) groups is 2. The molecular weight excluding hydrogens is 234 g/mol. The smallest absolute Gasteiger partial charge is 0.242 e. The quantitative estimate of drug-likeness (QED) is 0.702. The minimum Gasteiger partial charge on any atom is -0.375 e. The summed E-state index contributed by atoms with van der Waals surface area (Å²) in [5.41, 5.74) is 0. The van der Waals surface area contributed by atoms with Crippen molar-refractivity contribution in [1.29, 1.82) is 0 Å². The first-order chi connectivity index (χ1) is 8.41. The number of nitrogens with zero attached hydrogens (tertiary/aromatic N) is 1. The summed E-state index contributed by atoms with van der Waals surface area (Å²) in [4.78, 5) is 25.1. The molecule has 0 saturated carbocycles. The van der Waals surface area contributed by atoms with E-state index in [1.807, 2.05) is 20.8 Å². The van der Waals surface area contributed by atoms with E-state index in [4.69, 9.17) is 4.74 Å². The van der Waals surface area contributed by atoms with Gasteiger partial charge >= 0.3 is 0 Å². The van der Waals surface area contributed by atoms with Crippen molar-refractivity contribution in [2.75, 3.05) is 26.7 Å². The van der Waals surface area contributed by atoms with Crippen molar-refractivity contribution >= 4 is 11.8 Å². The first-order valence-corrected chi connectivity index (χ1v) is 6.31. The molecule has 1 heterocycles. The highest BCUT2D eigenvalue weighted by atomic mass is 16.5. The van der Waals surface area contributed by atoms with E-state index in [1.165, 1.54) is 4.90 Å². The van der Waals surface area contributed by atoms with Crippen molar-refractivity contribution in [3.8, 4) is 0 Å². The predicted molar refractivity (Wildman–Crippen MR) is 68.1 cm³/mol. The molecule has 0 aliphatic carbocycles. The number of nitrogens with one attached hydrogen (secondary N) is 2. The molecule has 0 bridgehead atoms. The summed E-state index contributed by atoms with van der Waals surface area (Å²) in [6, 6.07) is -0.285. The van der Waals surface area contributed by atoms with Crippen LogP contribution in [0.4, 0.5) is 0 Å². The number of carbonyl (C=O) groups excluding carboxylic acids is 2. The third kappa shape index (κ3) is 4.27. The average Bonchev–Trinajstić information content (AvgIpc) is 2.27. The highest BCUT2D eigenvalue weighted by Crippen LogP contribution is 2.06. The maximum atomic E-state index is 12.1. The van der Waals surface area contributed by atoms with Gasteiger partial charge in [0.05, 0.1) is 19.3 Å². The molecule has 18 heavy (non-hydrogen) atoms. The maximum absolute atomic E-state index is 12.1. The van der Waals surface area contributed by atoms with Crippen LogP contribution in [0.15, 0.2) is 0 Å². The first kappa shape index (κ1) is 14.9. The van der Waals surface area contributed by atoms with Crippen molar-refractivity contribution in [2.24, 2.45) is 0 Å². The van der Waals surface area contributed by atoms with E-state index in [-0.39, 0.29) is 36.5 Å². The van der Waals surface area contributed by atoms with Crippen LogP contribution in [-0.2, 0) is 14.3 Å². The lowest BCUT2D eigenvalue weighted by molar-refractivity contribution is -0.141. The predicted octanol–water partition coefficient (Wildman–Crippen LogP) is -0.654. The number of amides is 2. The number of rotatable bonds is 4. The molecule has 2 amide bonds. The van der Waals surface area contributed by atoms with E-state index in [2.05, 4.69) is 10.6 Å². The third-order valence-electron chi connectivity index (χ3n) is 2.79. The number of hydrogen-bond donors (Lipinski definition) is 2. The van der Waals surface area contributed by atoms with Gasteiger partial charge in [0.25, 0.3) is 0 Å². The summed E-state index contributed by atoms with van der Waals surface area (Å²) >= 11 is 0. The number of ether oxygens (including phenoxy) is 1. The van der Waals surface area contributed by atoms with Gasteiger partial charge in [-0.2, -0.15) is 0 Å². The fraction of sp³-hybridized carbons (Fsp3) is 0.833. The highest BCUT2D eigenvalue weighted by Gasteiger charge is 2.31. The Labute approximate surface area is 108 Å². The Bertz CT molecular complexity index is 307. The number of morpholine rings is 1. The van der Waals surface area contributed by atoms with Crippen LogP contribution >= 0.6 is 0 Å². The second kappa shape index (κ2) is 6.70. The molecule has 6 heteroatoms. The molecule has 0 aromatic rings. The molecule has 2 N–H and O–H groups in total. The molecule has 6 nitrogen and oxygen atoms in total. The van der Waals surface area contributed by atoms with E-state index in [0.29, 0.717) is 13.2 Å². The van der Waals surface area contributed by atoms with Gasteiger partial charge in [-0.1, -0.05) is 0 Å². The Hall–Kier alpha value is -1.14. The minimum absolute atomic E-state index is 0.0713. The molecule has 2 atom stereocenters. The summed E-state index contributed by atoms with van der Waals surface area (Å²) < 4.78 is 5.42. The van der Waals surface area contributed by atoms with Crippen LogP contribution in [0.2, 0.25) is 0 Å². The van der Waals surface area contributed by atoms with Crippen LogP contribution in [0.3, 0.4) is 0 Å². The van der Waals surface area contributed by atoms with Crippen LogP contribution in [0.1, 0.15) is 20.8 Å². The topological polar surface area (TPSA) is 70.7 Å². The van der Waals surface area contributed by atoms with Gasteiger partial charge < -0.3 is 20.3 Å². The van der Waals surface area contributed by atoms with Gasteiger partial charge in [-0.15, -0.1) is 0 Å². The molecule has 1 aliphatic heterocycles. The zero-order valence-electron chi connectivity index (χ0n) is 11.5. The average molecular weight is 257 g/mol. The summed E-state index contributed by atoms with van der Waals surface area (Å²) in [7, 11) is 1.63. The van der Waals surface area contributed by atoms with Crippen LogP contribution in [0.25, 0.3) is 0 Å². The molecule has 0 aromatic carbocycles. The van der Waals surface area contributed by atoms with Gasteiger partial charge in [0.15, 0.2) is 0 Å². The zero-order chi connectivity index (χ0) is 13.7. The van der Waals surface area contributed by atoms with Gasteiger partial charge in [0.2, 0.25) is 11.8 Å². The molecule has 104 valence electrons. The summed E-state index contributed by atoms with van der Waals surface area (Å²) in [6.07, 6.45) is -0.165. The number of likely N-dealkylation sites (N-methyl/N-ethyl adjacent to an activating group) is 1.